The number of nitrogens with zero attached hydrogens (tertiary/aromatic N) is 6. The molecule has 37 heavy (non-hydrogen) atoms. The molecule has 1 N–H and O–H groups in total. The summed E-state index contributed by atoms with van der Waals surface area (Å²) in [7, 11) is 1.62. The predicted octanol–water partition coefficient (Wildman–Crippen LogP) is 4.37. The fourth-order valence-electron chi connectivity index (χ4n) is 3.37. The molecule has 0 saturated carbocycles. The standard InChI is InChI=1S/C24H23N7O4S2/c1-15-10-22(31(33)34)29-30(15)13-17-4-7-19(8-5-17)23(32)27-25-12-18-6-9-21(35-3)20(11-18)14-36-24-28-26-16(2)37-24/h4-12H,13-14H2,1-3H3,(H,27,32)/b25-12+. The van der Waals surface area contributed by atoms with Gasteiger partial charge in [-0.25, -0.2) is 5.43 Å². The van der Waals surface area contributed by atoms with Crippen molar-refractivity contribution in [2.75, 3.05) is 7.11 Å². The molecule has 0 bridgehead atoms. The number of carbonyl (C=O) groups excluding carboxylic acids is 1. The molecule has 2 aromatic heterocycles. The molecule has 0 spiro atoms. The van der Waals surface area contributed by atoms with E-state index in [1.807, 2.05) is 25.1 Å². The van der Waals surface area contributed by atoms with E-state index in [-0.39, 0.29) is 11.7 Å². The van der Waals surface area contributed by atoms with E-state index >= 15 is 0 Å². The van der Waals surface area contributed by atoms with Crippen LogP contribution in [0.5, 0.6) is 5.75 Å². The molecule has 0 saturated heterocycles. The molecular formula is C24H23N7O4S2. The summed E-state index contributed by atoms with van der Waals surface area (Å²) in [5, 5.41) is 28.1. The SMILES string of the molecule is COc1ccc(/C=N/NC(=O)c2ccc(Cn3nc([N+](=O)[O-])cc3C)cc2)cc1CSc1nnc(C)s1. The van der Waals surface area contributed by atoms with Crippen molar-refractivity contribution in [2.24, 2.45) is 5.10 Å². The molecule has 0 radical (unpaired) electrons. The van der Waals surface area contributed by atoms with E-state index in [0.29, 0.717) is 23.6 Å². The number of hydrogen-bond donors (Lipinski definition) is 1. The van der Waals surface area contributed by atoms with Crippen LogP contribution in [0.1, 0.15) is 37.7 Å². The molecule has 11 nitrogen and oxygen atoms in total. The van der Waals surface area contributed by atoms with Crippen molar-refractivity contribution in [3.05, 3.63) is 91.6 Å². The lowest BCUT2D eigenvalue weighted by atomic mass is 10.1. The summed E-state index contributed by atoms with van der Waals surface area (Å²) in [4.78, 5) is 22.9. The minimum absolute atomic E-state index is 0.194. The Hall–Kier alpha value is -4.10. The quantitative estimate of drug-likeness (QED) is 0.136. The normalized spacial score (nSPS) is 11.1. The number of carbonyl (C=O) groups is 1. The van der Waals surface area contributed by atoms with Gasteiger partial charge in [0.05, 0.1) is 36.7 Å². The van der Waals surface area contributed by atoms with Crippen molar-refractivity contribution < 1.29 is 14.5 Å². The van der Waals surface area contributed by atoms with Gasteiger partial charge in [0.15, 0.2) is 4.34 Å². The van der Waals surface area contributed by atoms with E-state index in [9.17, 15) is 14.9 Å². The number of ether oxygens (including phenoxy) is 1. The lowest BCUT2D eigenvalue weighted by Gasteiger charge is -2.08. The van der Waals surface area contributed by atoms with Crippen LogP contribution in [0.3, 0.4) is 0 Å². The molecule has 0 atom stereocenters. The summed E-state index contributed by atoms with van der Waals surface area (Å²) in [5.74, 6) is 0.865. The van der Waals surface area contributed by atoms with Crippen LogP contribution in [-0.4, -0.2) is 44.1 Å². The first-order chi connectivity index (χ1) is 17.8. The fourth-order valence-corrected chi connectivity index (χ4v) is 5.17. The van der Waals surface area contributed by atoms with Gasteiger partial charge in [-0.05, 0) is 60.2 Å². The number of amides is 1. The number of aryl methyl sites for hydroxylation is 2. The smallest absolute Gasteiger partial charge is 0.390 e. The summed E-state index contributed by atoms with van der Waals surface area (Å²) in [6.07, 6.45) is 1.57. The maximum atomic E-state index is 12.5. The molecule has 1 amide bonds. The van der Waals surface area contributed by atoms with Crippen LogP contribution in [0.25, 0.3) is 0 Å². The highest BCUT2D eigenvalue weighted by molar-refractivity contribution is 8.00. The Morgan fingerprint density at radius 2 is 2.00 bits per heavy atom. The summed E-state index contributed by atoms with van der Waals surface area (Å²) < 4.78 is 7.90. The van der Waals surface area contributed by atoms with E-state index in [0.717, 1.165) is 31.8 Å². The van der Waals surface area contributed by atoms with E-state index in [1.165, 1.54) is 6.07 Å². The number of hydrazone groups is 1. The Kier molecular flexibility index (Phi) is 8.25. The topological polar surface area (TPSA) is 137 Å². The van der Waals surface area contributed by atoms with Crippen molar-refractivity contribution >= 4 is 41.0 Å². The molecule has 2 aromatic carbocycles. The number of thioether (sulfide) groups is 1. The third-order valence-corrected chi connectivity index (χ3v) is 7.27. The van der Waals surface area contributed by atoms with Gasteiger partial charge in [0, 0.05) is 16.9 Å². The van der Waals surface area contributed by atoms with Gasteiger partial charge in [-0.1, -0.05) is 35.2 Å². The Bertz CT molecular complexity index is 1450. The molecule has 0 unspecified atom stereocenters. The minimum atomic E-state index is -0.524. The summed E-state index contributed by atoms with van der Waals surface area (Å²) in [5.41, 5.74) is 6.29. The zero-order valence-electron chi connectivity index (χ0n) is 20.2. The van der Waals surface area contributed by atoms with Crippen LogP contribution < -0.4 is 10.2 Å². The van der Waals surface area contributed by atoms with Gasteiger partial charge >= 0.3 is 5.82 Å². The van der Waals surface area contributed by atoms with Crippen molar-refractivity contribution in [3.63, 3.8) is 0 Å². The zero-order chi connectivity index (χ0) is 26.4. The van der Waals surface area contributed by atoms with Crippen molar-refractivity contribution in [1.82, 2.24) is 25.4 Å². The van der Waals surface area contributed by atoms with Crippen LogP contribution in [0, 0.1) is 24.0 Å². The third-order valence-electron chi connectivity index (χ3n) is 5.25. The second-order valence-corrected chi connectivity index (χ2v) is 10.3. The van der Waals surface area contributed by atoms with Gasteiger partial charge in [0.25, 0.3) is 5.91 Å². The number of benzene rings is 2. The Labute approximate surface area is 220 Å². The van der Waals surface area contributed by atoms with Gasteiger partial charge in [-0.3, -0.25) is 4.79 Å². The Balaban J connectivity index is 1.35. The van der Waals surface area contributed by atoms with E-state index in [1.54, 1.807) is 72.3 Å². The summed E-state index contributed by atoms with van der Waals surface area (Å²) in [6.45, 7) is 4.03. The molecule has 0 aliphatic carbocycles. The largest absolute Gasteiger partial charge is 0.496 e. The molecule has 0 fully saturated rings. The number of hydrogen-bond acceptors (Lipinski definition) is 10. The highest BCUT2D eigenvalue weighted by Crippen LogP contribution is 2.30. The highest BCUT2D eigenvalue weighted by Gasteiger charge is 2.15. The van der Waals surface area contributed by atoms with Crippen molar-refractivity contribution in [1.29, 1.82) is 0 Å². The van der Waals surface area contributed by atoms with E-state index in [2.05, 4.69) is 25.8 Å². The molecule has 4 rings (SSSR count). The second kappa shape index (κ2) is 11.8. The average Bonchev–Trinajstić information content (AvgIpc) is 3.48. The molecular weight excluding hydrogens is 514 g/mol. The molecule has 2 heterocycles. The van der Waals surface area contributed by atoms with Gasteiger partial charge in [-0.2, -0.15) is 9.78 Å². The fraction of sp³-hybridized carbons (Fsp3) is 0.208. The minimum Gasteiger partial charge on any atom is -0.496 e. The number of methoxy groups -OCH3 is 1. The molecule has 0 aliphatic heterocycles. The molecule has 4 aromatic rings. The lowest BCUT2D eigenvalue weighted by molar-refractivity contribution is -0.389. The van der Waals surface area contributed by atoms with Crippen LogP contribution in [0.15, 0.2) is 58.0 Å². The molecule has 190 valence electrons. The first kappa shape index (κ1) is 26.0. The summed E-state index contributed by atoms with van der Waals surface area (Å²) in [6, 6.07) is 14.0. The number of nitro groups is 1. The number of aromatic nitrogens is 4. The van der Waals surface area contributed by atoms with Crippen molar-refractivity contribution in [2.45, 2.75) is 30.5 Å². The number of rotatable bonds is 10. The third kappa shape index (κ3) is 6.77. The monoisotopic (exact) mass is 537 g/mol. The van der Waals surface area contributed by atoms with Crippen LogP contribution >= 0.6 is 23.1 Å². The lowest BCUT2D eigenvalue weighted by Crippen LogP contribution is -2.17. The van der Waals surface area contributed by atoms with Crippen LogP contribution in [-0.2, 0) is 12.3 Å². The Morgan fingerprint density at radius 3 is 2.65 bits per heavy atom. The average molecular weight is 538 g/mol. The first-order valence-electron chi connectivity index (χ1n) is 11.0. The maximum Gasteiger partial charge on any atom is 0.390 e. The predicted molar refractivity (Wildman–Crippen MR) is 141 cm³/mol. The van der Waals surface area contributed by atoms with E-state index < -0.39 is 4.92 Å². The summed E-state index contributed by atoms with van der Waals surface area (Å²) >= 11 is 3.12. The van der Waals surface area contributed by atoms with Gasteiger partial charge in [0.2, 0.25) is 0 Å². The maximum absolute atomic E-state index is 12.5. The van der Waals surface area contributed by atoms with Gasteiger partial charge in [0.1, 0.15) is 10.8 Å². The van der Waals surface area contributed by atoms with Crippen LogP contribution in [0.4, 0.5) is 5.82 Å². The highest BCUT2D eigenvalue weighted by atomic mass is 32.2. The second-order valence-electron chi connectivity index (χ2n) is 7.90. The van der Waals surface area contributed by atoms with Crippen molar-refractivity contribution in [3.8, 4) is 5.75 Å². The molecule has 13 heteroatoms. The Morgan fingerprint density at radius 1 is 1.22 bits per heavy atom. The number of nitrogens with one attached hydrogen (secondary N) is 1. The zero-order valence-corrected chi connectivity index (χ0v) is 21.9. The van der Waals surface area contributed by atoms with Gasteiger partial charge in [-0.15, -0.1) is 10.2 Å². The van der Waals surface area contributed by atoms with Gasteiger partial charge < -0.3 is 14.9 Å². The van der Waals surface area contributed by atoms with Crippen LogP contribution in [0.2, 0.25) is 0 Å². The molecule has 0 aliphatic rings. The first-order valence-corrected chi connectivity index (χ1v) is 12.8. The van der Waals surface area contributed by atoms with E-state index in [4.69, 9.17) is 4.74 Å².